The number of nitrogens with one attached hydrogen (secondary N) is 1. The summed E-state index contributed by atoms with van der Waals surface area (Å²) >= 11 is 0. The van der Waals surface area contributed by atoms with Crippen molar-refractivity contribution in [1.82, 2.24) is 20.2 Å². The van der Waals surface area contributed by atoms with Crippen molar-refractivity contribution in [3.05, 3.63) is 23.8 Å². The third kappa shape index (κ3) is 3.12. The van der Waals surface area contributed by atoms with Crippen molar-refractivity contribution in [2.45, 2.75) is 32.2 Å². The van der Waals surface area contributed by atoms with E-state index in [2.05, 4.69) is 15.3 Å². The second-order valence-corrected chi connectivity index (χ2v) is 5.39. The van der Waals surface area contributed by atoms with Gasteiger partial charge in [0.15, 0.2) is 0 Å². The molecule has 1 N–H and O–H groups in total. The van der Waals surface area contributed by atoms with Gasteiger partial charge < -0.3 is 10.2 Å². The van der Waals surface area contributed by atoms with E-state index in [4.69, 9.17) is 0 Å². The molecule has 20 heavy (non-hydrogen) atoms. The Kier molecular flexibility index (Phi) is 4.32. The molecule has 0 aromatic carbocycles. The lowest BCUT2D eigenvalue weighted by atomic mass is 10.0. The zero-order valence-corrected chi connectivity index (χ0v) is 12.1. The van der Waals surface area contributed by atoms with E-state index in [9.17, 15) is 9.59 Å². The van der Waals surface area contributed by atoms with E-state index < -0.39 is 0 Å². The molecule has 1 fully saturated rings. The van der Waals surface area contributed by atoms with E-state index in [-0.39, 0.29) is 23.8 Å². The van der Waals surface area contributed by atoms with E-state index in [0.29, 0.717) is 5.69 Å². The van der Waals surface area contributed by atoms with Crippen LogP contribution in [-0.4, -0.2) is 46.8 Å². The number of carbonyl (C=O) groups is 2. The number of hydrogen-bond donors (Lipinski definition) is 1. The fourth-order valence-electron chi connectivity index (χ4n) is 2.51. The molecule has 2 rings (SSSR count). The van der Waals surface area contributed by atoms with Crippen molar-refractivity contribution in [1.29, 1.82) is 0 Å². The smallest absolute Gasteiger partial charge is 0.271 e. The molecule has 0 bridgehead atoms. The lowest BCUT2D eigenvalue weighted by molar-refractivity contribution is -0.133. The normalized spacial score (nSPS) is 21.6. The van der Waals surface area contributed by atoms with Crippen LogP contribution in [0.3, 0.4) is 0 Å². The second kappa shape index (κ2) is 5.98. The molecule has 0 unspecified atom stereocenters. The molecule has 0 spiro atoms. The molecule has 108 valence electrons. The quantitative estimate of drug-likeness (QED) is 0.885. The molecule has 1 saturated carbocycles. The molecule has 1 aromatic rings. The Balaban J connectivity index is 2.03. The molecule has 1 aromatic heterocycles. The largest absolute Gasteiger partial charge is 0.349 e. The number of rotatable bonds is 3. The van der Waals surface area contributed by atoms with Gasteiger partial charge in [0, 0.05) is 26.3 Å². The fourth-order valence-corrected chi connectivity index (χ4v) is 2.51. The van der Waals surface area contributed by atoms with Crippen molar-refractivity contribution in [3.63, 3.8) is 0 Å². The Labute approximate surface area is 118 Å². The van der Waals surface area contributed by atoms with Crippen LogP contribution in [0.2, 0.25) is 0 Å². The number of carbonyl (C=O) groups excluding carboxylic acids is 2. The Morgan fingerprint density at radius 3 is 2.60 bits per heavy atom. The Bertz CT molecular complexity index is 498. The first-order valence-electron chi connectivity index (χ1n) is 6.79. The molecule has 0 saturated heterocycles. The van der Waals surface area contributed by atoms with Gasteiger partial charge in [-0.3, -0.25) is 14.6 Å². The van der Waals surface area contributed by atoms with Crippen LogP contribution in [-0.2, 0) is 4.79 Å². The molecule has 1 aliphatic rings. The van der Waals surface area contributed by atoms with Crippen LogP contribution in [0.5, 0.6) is 0 Å². The van der Waals surface area contributed by atoms with Gasteiger partial charge in [-0.25, -0.2) is 4.98 Å². The molecule has 2 amide bonds. The van der Waals surface area contributed by atoms with Gasteiger partial charge in [0.25, 0.3) is 5.91 Å². The molecule has 0 radical (unpaired) electrons. The van der Waals surface area contributed by atoms with Crippen LogP contribution in [0.25, 0.3) is 0 Å². The van der Waals surface area contributed by atoms with E-state index in [1.165, 1.54) is 6.20 Å². The van der Waals surface area contributed by atoms with Crippen molar-refractivity contribution in [3.8, 4) is 0 Å². The van der Waals surface area contributed by atoms with Gasteiger partial charge in [0.2, 0.25) is 5.91 Å². The summed E-state index contributed by atoms with van der Waals surface area (Å²) in [4.78, 5) is 33.9. The van der Waals surface area contributed by atoms with Crippen LogP contribution in [0.15, 0.2) is 12.4 Å². The van der Waals surface area contributed by atoms with E-state index >= 15 is 0 Å². The third-order valence-electron chi connectivity index (χ3n) is 3.60. The maximum atomic E-state index is 12.1. The summed E-state index contributed by atoms with van der Waals surface area (Å²) in [6, 6.07) is -0.111. The second-order valence-electron chi connectivity index (χ2n) is 5.39. The number of amides is 2. The molecule has 2 atom stereocenters. The minimum absolute atomic E-state index is 0.0720. The Hall–Kier alpha value is -1.98. The highest BCUT2D eigenvalue weighted by molar-refractivity contribution is 5.92. The summed E-state index contributed by atoms with van der Waals surface area (Å²) in [6.45, 7) is 1.82. The summed E-state index contributed by atoms with van der Waals surface area (Å²) in [5.41, 5.74) is 1.06. The van der Waals surface area contributed by atoms with Crippen LogP contribution < -0.4 is 5.32 Å². The van der Waals surface area contributed by atoms with Gasteiger partial charge in [0.05, 0.1) is 17.8 Å². The standard InChI is InChI=1S/C14H20N4O2/c1-9-7-16-12(8-15-9)13(19)17-11-6-4-5-10(11)14(20)18(2)3/h7-8,10-11H,4-6H2,1-3H3,(H,17,19)/t10-,11+/m0/s1. The zero-order chi connectivity index (χ0) is 14.7. The van der Waals surface area contributed by atoms with Crippen LogP contribution in [0.1, 0.15) is 35.4 Å². The number of aryl methyl sites for hydroxylation is 1. The van der Waals surface area contributed by atoms with Gasteiger partial charge in [-0.1, -0.05) is 6.42 Å². The predicted octanol–water partition coefficient (Wildman–Crippen LogP) is 0.772. The maximum Gasteiger partial charge on any atom is 0.271 e. The summed E-state index contributed by atoms with van der Waals surface area (Å²) in [5, 5.41) is 2.91. The van der Waals surface area contributed by atoms with Crippen molar-refractivity contribution in [2.75, 3.05) is 14.1 Å². The predicted molar refractivity (Wildman–Crippen MR) is 74.1 cm³/mol. The first-order valence-corrected chi connectivity index (χ1v) is 6.79. The average molecular weight is 276 g/mol. The van der Waals surface area contributed by atoms with E-state index in [1.807, 2.05) is 6.92 Å². The lowest BCUT2D eigenvalue weighted by Gasteiger charge is -2.23. The molecule has 1 heterocycles. The Morgan fingerprint density at radius 1 is 1.25 bits per heavy atom. The van der Waals surface area contributed by atoms with Gasteiger partial charge in [-0.15, -0.1) is 0 Å². The summed E-state index contributed by atoms with van der Waals surface area (Å²) < 4.78 is 0. The monoisotopic (exact) mass is 276 g/mol. The minimum Gasteiger partial charge on any atom is -0.349 e. The molecular formula is C14H20N4O2. The van der Waals surface area contributed by atoms with E-state index in [0.717, 1.165) is 25.0 Å². The first-order chi connectivity index (χ1) is 9.49. The van der Waals surface area contributed by atoms with Gasteiger partial charge in [-0.2, -0.15) is 0 Å². The average Bonchev–Trinajstić information content (AvgIpc) is 2.86. The third-order valence-corrected chi connectivity index (χ3v) is 3.60. The van der Waals surface area contributed by atoms with Gasteiger partial charge in [0.1, 0.15) is 5.69 Å². The summed E-state index contributed by atoms with van der Waals surface area (Å²) in [6.07, 6.45) is 5.62. The molecule has 6 nitrogen and oxygen atoms in total. The van der Waals surface area contributed by atoms with Crippen LogP contribution in [0, 0.1) is 12.8 Å². The van der Waals surface area contributed by atoms with Crippen molar-refractivity contribution < 1.29 is 9.59 Å². The summed E-state index contributed by atoms with van der Waals surface area (Å²) in [5.74, 6) is -0.323. The maximum absolute atomic E-state index is 12.1. The first kappa shape index (κ1) is 14.4. The number of aromatic nitrogens is 2. The lowest BCUT2D eigenvalue weighted by Crippen LogP contribution is -2.43. The Morgan fingerprint density at radius 2 is 2.00 bits per heavy atom. The highest BCUT2D eigenvalue weighted by Crippen LogP contribution is 2.27. The topological polar surface area (TPSA) is 75.2 Å². The molecule has 0 aliphatic heterocycles. The van der Waals surface area contributed by atoms with Crippen LogP contribution >= 0.6 is 0 Å². The molecular weight excluding hydrogens is 256 g/mol. The molecule has 6 heteroatoms. The van der Waals surface area contributed by atoms with Crippen molar-refractivity contribution in [2.24, 2.45) is 5.92 Å². The zero-order valence-electron chi connectivity index (χ0n) is 12.1. The number of hydrogen-bond acceptors (Lipinski definition) is 4. The van der Waals surface area contributed by atoms with Crippen LogP contribution in [0.4, 0.5) is 0 Å². The van der Waals surface area contributed by atoms with Gasteiger partial charge >= 0.3 is 0 Å². The highest BCUT2D eigenvalue weighted by atomic mass is 16.2. The van der Waals surface area contributed by atoms with Gasteiger partial charge in [-0.05, 0) is 19.8 Å². The van der Waals surface area contributed by atoms with E-state index in [1.54, 1.807) is 25.2 Å². The minimum atomic E-state index is -0.263. The van der Waals surface area contributed by atoms with Crippen molar-refractivity contribution >= 4 is 11.8 Å². The summed E-state index contributed by atoms with van der Waals surface area (Å²) in [7, 11) is 3.48. The SMILES string of the molecule is Cc1cnc(C(=O)N[C@@H]2CCC[C@@H]2C(=O)N(C)C)cn1. The molecule has 1 aliphatic carbocycles. The highest BCUT2D eigenvalue weighted by Gasteiger charge is 2.35. The fraction of sp³-hybridized carbons (Fsp3) is 0.571. The number of nitrogens with zero attached hydrogens (tertiary/aromatic N) is 3.